The summed E-state index contributed by atoms with van der Waals surface area (Å²) in [6.07, 6.45) is 0. The van der Waals surface area contributed by atoms with Crippen LogP contribution in [-0.2, 0) is 32.7 Å². The molecule has 0 fully saturated rings. The van der Waals surface area contributed by atoms with E-state index in [1.807, 2.05) is 0 Å². The van der Waals surface area contributed by atoms with Gasteiger partial charge < -0.3 is 14.6 Å². The first kappa shape index (κ1) is 10.5. The Labute approximate surface area is 97.9 Å². The number of hydrogen-bond donors (Lipinski definition) is 1. The Kier molecular flexibility index (Phi) is 2.64. The zero-order valence-electron chi connectivity index (χ0n) is 6.80. The zero-order chi connectivity index (χ0) is 8.88. The van der Waals surface area contributed by atoms with Gasteiger partial charge in [0, 0.05) is 32.7 Å². The van der Waals surface area contributed by atoms with Gasteiger partial charge in [0.2, 0.25) is 0 Å². The number of hydrogen-bond acceptors (Lipinski definition) is 3. The van der Waals surface area contributed by atoms with Crippen molar-refractivity contribution >= 4 is 0 Å². The van der Waals surface area contributed by atoms with Crippen LogP contribution in [0.1, 0.15) is 5.56 Å². The second kappa shape index (κ2) is 3.27. The Balaban J connectivity index is 0.000000845. The second-order valence-corrected chi connectivity index (χ2v) is 2.61. The Morgan fingerprint density at radius 1 is 1.15 bits per heavy atom. The molecule has 2 rings (SSSR count). The SMILES string of the molecule is Cc1c2[nH]c(=O)[c-]c-2c(=O)c1=O.[Y]. The van der Waals surface area contributed by atoms with E-state index in [0.717, 1.165) is 0 Å². The summed E-state index contributed by atoms with van der Waals surface area (Å²) in [5, 5.41) is 0. The molecule has 1 N–H and O–H groups in total. The van der Waals surface area contributed by atoms with E-state index in [1.54, 1.807) is 0 Å². The van der Waals surface area contributed by atoms with Crippen LogP contribution in [0.15, 0.2) is 14.4 Å². The van der Waals surface area contributed by atoms with Crippen molar-refractivity contribution in [2.45, 2.75) is 6.92 Å². The molecule has 1 aliphatic carbocycles. The fourth-order valence-corrected chi connectivity index (χ4v) is 1.23. The molecule has 13 heavy (non-hydrogen) atoms. The van der Waals surface area contributed by atoms with Crippen molar-refractivity contribution < 1.29 is 32.7 Å². The maximum absolute atomic E-state index is 11.1. The predicted octanol–water partition coefficient (Wildman–Crippen LogP) is -0.818. The number of H-pyrrole nitrogens is 1. The van der Waals surface area contributed by atoms with Crippen molar-refractivity contribution in [1.82, 2.24) is 4.98 Å². The fraction of sp³-hybridized carbons (Fsp3) is 0.125. The van der Waals surface area contributed by atoms with E-state index >= 15 is 0 Å². The van der Waals surface area contributed by atoms with Crippen LogP contribution in [0.5, 0.6) is 0 Å². The molecule has 4 nitrogen and oxygen atoms in total. The topological polar surface area (TPSA) is 67.0 Å². The number of fused-ring (bicyclic) bond motifs is 1. The normalized spacial score (nSPS) is 10.2. The minimum Gasteiger partial charge on any atom is -0.386 e. The molecule has 63 valence electrons. The predicted molar refractivity (Wildman–Crippen MR) is 42.2 cm³/mol. The summed E-state index contributed by atoms with van der Waals surface area (Å²) >= 11 is 0. The van der Waals surface area contributed by atoms with E-state index in [9.17, 15) is 14.4 Å². The minimum absolute atomic E-state index is 0. The molecule has 0 saturated carbocycles. The average Bonchev–Trinajstić information content (AvgIpc) is 2.49. The van der Waals surface area contributed by atoms with Crippen LogP contribution in [-0.4, -0.2) is 4.98 Å². The van der Waals surface area contributed by atoms with E-state index in [-0.39, 0.29) is 38.3 Å². The van der Waals surface area contributed by atoms with Gasteiger partial charge in [0.25, 0.3) is 0 Å². The minimum atomic E-state index is -0.638. The first-order valence-corrected chi connectivity index (χ1v) is 3.36. The van der Waals surface area contributed by atoms with Crippen LogP contribution in [0.25, 0.3) is 11.3 Å². The number of aromatic nitrogens is 1. The van der Waals surface area contributed by atoms with E-state index in [4.69, 9.17) is 0 Å². The zero-order valence-corrected chi connectivity index (χ0v) is 9.64. The molecule has 5 heteroatoms. The molecule has 0 unspecified atom stereocenters. The molecule has 0 aromatic heterocycles. The number of nitrogens with one attached hydrogen (secondary N) is 1. The van der Waals surface area contributed by atoms with Crippen molar-refractivity contribution in [2.24, 2.45) is 0 Å². The standard InChI is InChI=1S/C8H4NO3.Y/c1-3-6-4(2-5(10)9-6)8(12)7(3)11;/h1H3,(H,9,10);/q-1;. The van der Waals surface area contributed by atoms with Crippen molar-refractivity contribution in [3.05, 3.63) is 42.4 Å². The molecule has 0 bridgehead atoms. The molecule has 0 amide bonds. The maximum atomic E-state index is 11.1. The number of rotatable bonds is 0. The molecule has 2 aliphatic rings. The van der Waals surface area contributed by atoms with Crippen LogP contribution in [0, 0.1) is 13.0 Å². The van der Waals surface area contributed by atoms with Crippen LogP contribution in [0.3, 0.4) is 0 Å². The molecule has 0 aromatic rings. The first-order valence-electron chi connectivity index (χ1n) is 3.36. The van der Waals surface area contributed by atoms with E-state index < -0.39 is 16.4 Å². The van der Waals surface area contributed by atoms with Gasteiger partial charge in [-0.1, -0.05) is 5.69 Å². The van der Waals surface area contributed by atoms with Gasteiger partial charge in [-0.3, -0.25) is 4.79 Å². The van der Waals surface area contributed by atoms with Gasteiger partial charge in [-0.05, 0) is 12.5 Å². The van der Waals surface area contributed by atoms with Crippen LogP contribution >= 0.6 is 0 Å². The largest absolute Gasteiger partial charge is 0.386 e. The summed E-state index contributed by atoms with van der Waals surface area (Å²) in [6.45, 7) is 1.51. The van der Waals surface area contributed by atoms with E-state index in [1.165, 1.54) is 6.92 Å². The first-order chi connectivity index (χ1) is 5.61. The van der Waals surface area contributed by atoms with Crippen molar-refractivity contribution in [3.8, 4) is 11.3 Å². The molecule has 0 atom stereocenters. The van der Waals surface area contributed by atoms with Crippen LogP contribution in [0.4, 0.5) is 0 Å². The third-order valence-electron chi connectivity index (χ3n) is 1.88. The summed E-state index contributed by atoms with van der Waals surface area (Å²) in [6, 6.07) is 2.26. The molecule has 0 aromatic carbocycles. The summed E-state index contributed by atoms with van der Waals surface area (Å²) in [5.74, 6) is 0. The van der Waals surface area contributed by atoms with Gasteiger partial charge in [-0.25, -0.2) is 0 Å². The van der Waals surface area contributed by atoms with E-state index in [2.05, 4.69) is 11.1 Å². The van der Waals surface area contributed by atoms with Crippen molar-refractivity contribution in [2.75, 3.05) is 0 Å². The Bertz CT molecular complexity index is 547. The molecule has 0 spiro atoms. The molecule has 1 radical (unpaired) electrons. The van der Waals surface area contributed by atoms with Gasteiger partial charge in [0.1, 0.15) is 5.43 Å². The Hall–Kier alpha value is -0.606. The average molecular weight is 251 g/mol. The summed E-state index contributed by atoms with van der Waals surface area (Å²) in [7, 11) is 0. The van der Waals surface area contributed by atoms with Gasteiger partial charge in [0.05, 0.1) is 0 Å². The van der Waals surface area contributed by atoms with Gasteiger partial charge in [0.15, 0.2) is 11.0 Å². The van der Waals surface area contributed by atoms with Gasteiger partial charge >= 0.3 is 0 Å². The van der Waals surface area contributed by atoms with Crippen molar-refractivity contribution in [3.63, 3.8) is 0 Å². The smallest absolute Gasteiger partial charge is 0.178 e. The molecule has 0 saturated heterocycles. The third kappa shape index (κ3) is 1.34. The summed E-state index contributed by atoms with van der Waals surface area (Å²) in [4.78, 5) is 35.2. The summed E-state index contributed by atoms with van der Waals surface area (Å²) < 4.78 is 0. The quantitative estimate of drug-likeness (QED) is 0.491. The van der Waals surface area contributed by atoms with Crippen LogP contribution < -0.4 is 16.4 Å². The third-order valence-corrected chi connectivity index (χ3v) is 1.88. The number of aromatic amines is 1. The second-order valence-electron chi connectivity index (χ2n) is 2.61. The van der Waals surface area contributed by atoms with Crippen molar-refractivity contribution in [1.29, 1.82) is 0 Å². The maximum Gasteiger partial charge on any atom is 0.178 e. The molecule has 1 heterocycles. The van der Waals surface area contributed by atoms with Crippen LogP contribution in [0.2, 0.25) is 0 Å². The molecular formula is C8H4NO3Y-. The monoisotopic (exact) mass is 251 g/mol. The Morgan fingerprint density at radius 2 is 1.77 bits per heavy atom. The molecular weight excluding hydrogens is 247 g/mol. The molecule has 1 aliphatic heterocycles. The van der Waals surface area contributed by atoms with Gasteiger partial charge in [-0.15, -0.1) is 11.6 Å². The van der Waals surface area contributed by atoms with Gasteiger partial charge in [-0.2, -0.15) is 0 Å². The summed E-state index contributed by atoms with van der Waals surface area (Å²) in [5.41, 5.74) is -0.931. The van der Waals surface area contributed by atoms with E-state index in [0.29, 0.717) is 11.3 Å². The Morgan fingerprint density at radius 3 is 2.31 bits per heavy atom. The fourth-order valence-electron chi connectivity index (χ4n) is 1.23.